The van der Waals surface area contributed by atoms with Crippen LogP contribution in [0.5, 0.6) is 0 Å². The third-order valence-corrected chi connectivity index (χ3v) is 14.5. The molecule has 0 radical (unpaired) electrons. The number of rotatable bonds is 26. The molecule has 2 aliphatic heterocycles. The van der Waals surface area contributed by atoms with E-state index in [1.807, 2.05) is 17.9 Å². The normalized spacial score (nSPS) is 20.1. The molecule has 18 nitrogen and oxygen atoms in total. The summed E-state index contributed by atoms with van der Waals surface area (Å²) >= 11 is 0. The molecule has 2 aliphatic rings. The first-order valence-corrected chi connectivity index (χ1v) is 26.3. The van der Waals surface area contributed by atoms with E-state index in [9.17, 15) is 56.7 Å². The Morgan fingerprint density at radius 1 is 0.750 bits per heavy atom. The van der Waals surface area contributed by atoms with Crippen molar-refractivity contribution < 1.29 is 75.8 Å². The van der Waals surface area contributed by atoms with Gasteiger partial charge in [-0.25, -0.2) is 25.3 Å². The molecule has 0 spiro atoms. The summed E-state index contributed by atoms with van der Waals surface area (Å²) in [6.07, 6.45) is 13.9. The standard InChI is InChI=1S/C42H56N2O16S4/c1-41(21-12-28-61(47,48)49)34-30-32(63(53,54)55)17-19-36(34)44(24-13-29-62(50,51)52)38(41)14-8-5-4-6-9-15-39-42(2,22-25-60-27-26-59-3)35-31-33(64(56,57)58)18-20-37(35)43(39)23-11-7-10-16-40(45)46/h4-6,8-9,14-15,17-20,30-31H,7,10-13,16,21-29H2,1-3H3,(H4-,45,46,47,48,49,50,51,52,53,54,55,56,57,58)/p-2. The van der Waals surface area contributed by atoms with E-state index >= 15 is 0 Å². The van der Waals surface area contributed by atoms with Crippen LogP contribution in [0.1, 0.15) is 76.3 Å². The van der Waals surface area contributed by atoms with Gasteiger partial charge in [0.05, 0.1) is 44.3 Å². The molecule has 2 unspecified atom stereocenters. The molecular formula is C42H54N2O16S4-2. The highest BCUT2D eigenvalue weighted by Crippen LogP contribution is 2.51. The molecule has 2 heterocycles. The number of anilines is 1. The van der Waals surface area contributed by atoms with E-state index in [0.29, 0.717) is 73.7 Å². The number of ether oxygens (including phenoxy) is 2. The fourth-order valence-corrected chi connectivity index (χ4v) is 10.1. The van der Waals surface area contributed by atoms with Gasteiger partial charge in [0.15, 0.2) is 5.71 Å². The Morgan fingerprint density at radius 3 is 2.02 bits per heavy atom. The number of methoxy groups -OCH3 is 1. The van der Waals surface area contributed by atoms with Gasteiger partial charge >= 0.3 is 5.97 Å². The first-order valence-electron chi connectivity index (χ1n) is 20.3. The van der Waals surface area contributed by atoms with Gasteiger partial charge < -0.3 is 33.1 Å². The molecule has 4 rings (SSSR count). The van der Waals surface area contributed by atoms with Crippen molar-refractivity contribution in [2.24, 2.45) is 0 Å². The van der Waals surface area contributed by atoms with Crippen molar-refractivity contribution in [3.63, 3.8) is 0 Å². The molecule has 64 heavy (non-hydrogen) atoms. The van der Waals surface area contributed by atoms with Crippen molar-refractivity contribution >= 4 is 63.5 Å². The lowest BCUT2D eigenvalue weighted by molar-refractivity contribution is -0.437. The van der Waals surface area contributed by atoms with Crippen LogP contribution in [0.2, 0.25) is 0 Å². The van der Waals surface area contributed by atoms with Crippen LogP contribution in [0, 0.1) is 0 Å². The number of unbranched alkanes of at least 4 members (excludes halogenated alkanes) is 2. The maximum Gasteiger partial charge on any atom is 0.303 e. The molecular weight excluding hydrogens is 917 g/mol. The predicted molar refractivity (Wildman–Crippen MR) is 234 cm³/mol. The number of carboxylic acid groups (broad SMARTS) is 1. The Hall–Kier alpha value is -4.10. The predicted octanol–water partition coefficient (Wildman–Crippen LogP) is 4.48. The Balaban J connectivity index is 1.74. The average molecular weight is 971 g/mol. The Bertz CT molecular complexity index is 2640. The third-order valence-electron chi connectivity index (χ3n) is 11.3. The molecule has 0 bridgehead atoms. The van der Waals surface area contributed by atoms with E-state index in [0.717, 1.165) is 11.8 Å². The summed E-state index contributed by atoms with van der Waals surface area (Å²) in [4.78, 5) is 12.2. The summed E-state index contributed by atoms with van der Waals surface area (Å²) in [5.74, 6) is -2.22. The van der Waals surface area contributed by atoms with Crippen LogP contribution in [-0.2, 0) is 65.6 Å². The van der Waals surface area contributed by atoms with Crippen LogP contribution >= 0.6 is 0 Å². The van der Waals surface area contributed by atoms with Gasteiger partial charge in [-0.05, 0) is 87.9 Å². The Labute approximate surface area is 375 Å². The van der Waals surface area contributed by atoms with Crippen LogP contribution < -0.4 is 4.90 Å². The van der Waals surface area contributed by atoms with Crippen molar-refractivity contribution in [1.29, 1.82) is 0 Å². The first kappa shape index (κ1) is 52.5. The highest BCUT2D eigenvalue weighted by Gasteiger charge is 2.48. The fourth-order valence-electron chi connectivity index (χ4n) is 8.12. The number of hydrogen-bond donors (Lipinski definition) is 2. The third kappa shape index (κ3) is 14.2. The van der Waals surface area contributed by atoms with Crippen molar-refractivity contribution in [3.8, 4) is 0 Å². The fraction of sp³-hybridized carbons (Fsp3) is 0.476. The average Bonchev–Trinajstić information content (AvgIpc) is 3.55. The molecule has 2 aromatic carbocycles. The van der Waals surface area contributed by atoms with Crippen LogP contribution in [0.25, 0.3) is 0 Å². The minimum Gasteiger partial charge on any atom is -0.748 e. The van der Waals surface area contributed by atoms with Gasteiger partial charge in [-0.15, -0.1) is 0 Å². The smallest absolute Gasteiger partial charge is 0.303 e. The van der Waals surface area contributed by atoms with E-state index < -0.39 is 73.7 Å². The number of carbonyl (C=O) groups is 1. The molecule has 0 amide bonds. The lowest BCUT2D eigenvalue weighted by atomic mass is 9.76. The number of aliphatic carboxylic acids is 1. The zero-order valence-corrected chi connectivity index (χ0v) is 39.0. The maximum atomic E-state index is 12.1. The molecule has 0 aliphatic carbocycles. The van der Waals surface area contributed by atoms with E-state index in [2.05, 4.69) is 0 Å². The van der Waals surface area contributed by atoms with E-state index in [-0.39, 0.29) is 43.7 Å². The van der Waals surface area contributed by atoms with E-state index in [4.69, 9.17) is 14.6 Å². The first-order chi connectivity index (χ1) is 29.8. The zero-order chi connectivity index (χ0) is 47.6. The lowest BCUT2D eigenvalue weighted by Crippen LogP contribution is -2.32. The summed E-state index contributed by atoms with van der Waals surface area (Å²) in [7, 11) is -17.2. The van der Waals surface area contributed by atoms with Crippen LogP contribution in [0.4, 0.5) is 11.4 Å². The number of benzene rings is 2. The van der Waals surface area contributed by atoms with Crippen molar-refractivity contribution in [3.05, 3.63) is 95.8 Å². The maximum absolute atomic E-state index is 12.1. The Kier molecular flexibility index (Phi) is 18.0. The van der Waals surface area contributed by atoms with E-state index in [1.54, 1.807) is 61.1 Å². The summed E-state index contributed by atoms with van der Waals surface area (Å²) in [6.45, 7) is 5.02. The van der Waals surface area contributed by atoms with Gasteiger partial charge in [-0.2, -0.15) is 13.0 Å². The monoisotopic (exact) mass is 970 g/mol. The number of nitrogens with zero attached hydrogens (tertiary/aromatic N) is 2. The second kappa shape index (κ2) is 21.9. The molecule has 0 saturated carbocycles. The van der Waals surface area contributed by atoms with Gasteiger partial charge in [0.1, 0.15) is 26.8 Å². The van der Waals surface area contributed by atoms with Crippen LogP contribution in [0.3, 0.4) is 0 Å². The quantitative estimate of drug-likeness (QED) is 0.0568. The summed E-state index contributed by atoms with van der Waals surface area (Å²) in [5, 5.41) is 9.12. The summed E-state index contributed by atoms with van der Waals surface area (Å²) in [6, 6.07) is 7.93. The second-order valence-electron chi connectivity index (χ2n) is 15.9. The molecule has 2 aromatic rings. The number of fused-ring (bicyclic) bond motifs is 2. The molecule has 0 aromatic heterocycles. The SMILES string of the molecule is COCCOCCC1(C)C(=CC=CC=CC=CC2=[N+](CCCS(=O)(=O)O)c3ccc(S(=O)(=O)[O-])cc3C2(C)CCCS(=O)(=O)[O-])N(CCCCCC(=O)O)c2ccc(S(=O)(=O)[O-])cc21. The summed E-state index contributed by atoms with van der Waals surface area (Å²) < 4.78 is 153. The minimum absolute atomic E-state index is 0.0133. The zero-order valence-electron chi connectivity index (χ0n) is 35.7. The molecule has 2 atom stereocenters. The number of allylic oxidation sites excluding steroid dienone is 8. The van der Waals surface area contributed by atoms with Crippen molar-refractivity contribution in [2.45, 2.75) is 85.8 Å². The molecule has 0 fully saturated rings. The van der Waals surface area contributed by atoms with Gasteiger partial charge in [0.25, 0.3) is 10.1 Å². The van der Waals surface area contributed by atoms with Gasteiger partial charge in [-0.1, -0.05) is 36.8 Å². The molecule has 0 saturated heterocycles. The van der Waals surface area contributed by atoms with Crippen LogP contribution in [0.15, 0.2) is 94.4 Å². The Morgan fingerprint density at radius 2 is 1.39 bits per heavy atom. The number of hydrogen-bond acceptors (Lipinski definition) is 15. The van der Waals surface area contributed by atoms with Crippen molar-refractivity contribution in [2.75, 3.05) is 56.4 Å². The lowest BCUT2D eigenvalue weighted by Gasteiger charge is -2.30. The summed E-state index contributed by atoms with van der Waals surface area (Å²) in [5.41, 5.74) is 1.29. The van der Waals surface area contributed by atoms with Gasteiger partial charge in [0.2, 0.25) is 5.69 Å². The van der Waals surface area contributed by atoms with Gasteiger partial charge in [0, 0.05) is 73.4 Å². The molecule has 354 valence electrons. The molecule has 22 heteroatoms. The van der Waals surface area contributed by atoms with E-state index in [1.165, 1.54) is 24.3 Å². The highest BCUT2D eigenvalue weighted by atomic mass is 32.2. The highest BCUT2D eigenvalue weighted by molar-refractivity contribution is 7.86. The topological polar surface area (TPSA) is 288 Å². The van der Waals surface area contributed by atoms with Crippen LogP contribution in [-0.4, -0.2) is 125 Å². The molecule has 2 N–H and O–H groups in total. The second-order valence-corrected chi connectivity index (χ2v) is 21.7. The van der Waals surface area contributed by atoms with Crippen molar-refractivity contribution in [1.82, 2.24) is 0 Å². The van der Waals surface area contributed by atoms with Gasteiger partial charge in [-0.3, -0.25) is 9.35 Å². The largest absolute Gasteiger partial charge is 0.748 e. The number of carboxylic acids is 1. The minimum atomic E-state index is -4.93.